The molecule has 9 heteroatoms. The number of hydrogen-bond acceptors (Lipinski definition) is 5. The molecule has 1 aliphatic rings. The van der Waals surface area contributed by atoms with Gasteiger partial charge in [-0.1, -0.05) is 17.3 Å². The van der Waals surface area contributed by atoms with Crippen molar-refractivity contribution in [1.29, 1.82) is 0 Å². The zero-order chi connectivity index (χ0) is 17.8. The molecular formula is C16H18FN5O3. The number of rotatable bonds is 5. The Morgan fingerprint density at radius 2 is 2.24 bits per heavy atom. The third kappa shape index (κ3) is 4.18. The topological polar surface area (TPSA) is 98.1 Å². The van der Waals surface area contributed by atoms with Crippen molar-refractivity contribution in [2.24, 2.45) is 0 Å². The van der Waals surface area contributed by atoms with Crippen molar-refractivity contribution in [1.82, 2.24) is 25.6 Å². The lowest BCUT2D eigenvalue weighted by Crippen LogP contribution is -2.42. The summed E-state index contributed by atoms with van der Waals surface area (Å²) in [6.07, 6.45) is -0.254. The molecule has 0 saturated heterocycles. The number of hydrogen-bond donors (Lipinski definition) is 2. The van der Waals surface area contributed by atoms with E-state index in [1.807, 2.05) is 0 Å². The fourth-order valence-electron chi connectivity index (χ4n) is 2.54. The third-order valence-corrected chi connectivity index (χ3v) is 3.79. The van der Waals surface area contributed by atoms with Crippen molar-refractivity contribution >= 4 is 11.8 Å². The molecule has 1 aromatic heterocycles. The number of carbonyl (C=O) groups excluding carboxylic acids is 2. The van der Waals surface area contributed by atoms with Crippen LogP contribution in [-0.4, -0.2) is 46.0 Å². The summed E-state index contributed by atoms with van der Waals surface area (Å²) in [6.45, 7) is 2.27. The van der Waals surface area contributed by atoms with Gasteiger partial charge in [-0.3, -0.25) is 9.59 Å². The quantitative estimate of drug-likeness (QED) is 0.807. The van der Waals surface area contributed by atoms with Crippen LogP contribution < -0.4 is 10.6 Å². The van der Waals surface area contributed by atoms with Crippen molar-refractivity contribution in [3.8, 4) is 11.3 Å². The van der Waals surface area contributed by atoms with Crippen LogP contribution in [0.1, 0.15) is 12.6 Å². The van der Waals surface area contributed by atoms with Crippen LogP contribution in [0.15, 0.2) is 24.3 Å². The molecule has 25 heavy (non-hydrogen) atoms. The Morgan fingerprint density at radius 3 is 3.00 bits per heavy atom. The van der Waals surface area contributed by atoms with E-state index in [4.69, 9.17) is 4.74 Å². The van der Waals surface area contributed by atoms with Gasteiger partial charge >= 0.3 is 0 Å². The Balaban J connectivity index is 1.60. The summed E-state index contributed by atoms with van der Waals surface area (Å²) in [5.74, 6) is -0.888. The monoisotopic (exact) mass is 347 g/mol. The molecule has 3 rings (SSSR count). The first-order chi connectivity index (χ1) is 12.0. The highest BCUT2D eigenvalue weighted by Crippen LogP contribution is 2.25. The van der Waals surface area contributed by atoms with E-state index in [2.05, 4.69) is 20.9 Å². The lowest BCUT2D eigenvalue weighted by Gasteiger charge is -2.24. The van der Waals surface area contributed by atoms with Crippen LogP contribution in [0, 0.1) is 5.82 Å². The van der Waals surface area contributed by atoms with Gasteiger partial charge in [0.25, 0.3) is 0 Å². The normalized spacial score (nSPS) is 16.2. The first-order valence-electron chi connectivity index (χ1n) is 7.84. The Kier molecular flexibility index (Phi) is 5.03. The third-order valence-electron chi connectivity index (χ3n) is 3.79. The first kappa shape index (κ1) is 17.0. The van der Waals surface area contributed by atoms with Gasteiger partial charge in [-0.15, -0.1) is 5.10 Å². The van der Waals surface area contributed by atoms with E-state index < -0.39 is 0 Å². The van der Waals surface area contributed by atoms with E-state index in [9.17, 15) is 14.0 Å². The second-order valence-corrected chi connectivity index (χ2v) is 5.72. The zero-order valence-corrected chi connectivity index (χ0v) is 13.7. The van der Waals surface area contributed by atoms with Gasteiger partial charge in [-0.05, 0) is 12.1 Å². The van der Waals surface area contributed by atoms with E-state index in [-0.39, 0.29) is 36.9 Å². The fourth-order valence-corrected chi connectivity index (χ4v) is 2.54. The van der Waals surface area contributed by atoms with Gasteiger partial charge in [-0.2, -0.15) is 0 Å². The van der Waals surface area contributed by atoms with Crippen LogP contribution in [0.5, 0.6) is 0 Å². The van der Waals surface area contributed by atoms with Crippen LogP contribution in [-0.2, 0) is 27.5 Å². The molecule has 1 aliphatic heterocycles. The summed E-state index contributed by atoms with van der Waals surface area (Å²) in [7, 11) is 0. The lowest BCUT2D eigenvalue weighted by molar-refractivity contribution is -0.125. The molecule has 2 amide bonds. The maximum atomic E-state index is 13.4. The number of aromatic nitrogens is 3. The van der Waals surface area contributed by atoms with Gasteiger partial charge in [0, 0.05) is 19.0 Å². The number of fused-ring (bicyclic) bond motifs is 1. The molecule has 132 valence electrons. The van der Waals surface area contributed by atoms with Gasteiger partial charge < -0.3 is 15.4 Å². The van der Waals surface area contributed by atoms with Crippen LogP contribution in [0.25, 0.3) is 11.3 Å². The molecule has 2 heterocycles. The van der Waals surface area contributed by atoms with Gasteiger partial charge in [-0.25, -0.2) is 9.07 Å². The van der Waals surface area contributed by atoms with Gasteiger partial charge in [0.1, 0.15) is 11.5 Å². The molecule has 8 nitrogen and oxygen atoms in total. The minimum atomic E-state index is -0.337. The fraction of sp³-hybridized carbons (Fsp3) is 0.375. The molecule has 0 radical (unpaired) electrons. The second-order valence-electron chi connectivity index (χ2n) is 5.72. The number of carbonyl (C=O) groups is 2. The van der Waals surface area contributed by atoms with Crippen molar-refractivity contribution in [2.75, 3.05) is 13.1 Å². The molecule has 0 saturated carbocycles. The van der Waals surface area contributed by atoms with Gasteiger partial charge in [0.15, 0.2) is 0 Å². The first-order valence-corrected chi connectivity index (χ1v) is 7.84. The standard InChI is InChI=1S/C16H18FN5O3/c1-10(23)18-7-15(24)19-6-13-8-22-14(9-25-13)16(20-21-22)11-3-2-4-12(17)5-11/h2-5,13H,6-9H2,1H3,(H,18,23)(H,19,24). The number of halogens is 1. The Labute approximate surface area is 143 Å². The average Bonchev–Trinajstić information content (AvgIpc) is 3.01. The van der Waals surface area contributed by atoms with Crippen molar-refractivity contribution in [2.45, 2.75) is 26.2 Å². The lowest BCUT2D eigenvalue weighted by atomic mass is 10.1. The highest BCUT2D eigenvalue weighted by Gasteiger charge is 2.24. The number of nitrogens with one attached hydrogen (secondary N) is 2. The summed E-state index contributed by atoms with van der Waals surface area (Å²) in [4.78, 5) is 22.4. The number of amides is 2. The number of benzene rings is 1. The molecule has 2 aromatic rings. The summed E-state index contributed by atoms with van der Waals surface area (Å²) in [5.41, 5.74) is 2.01. The van der Waals surface area contributed by atoms with Crippen molar-refractivity contribution in [3.05, 3.63) is 35.8 Å². The predicted molar refractivity (Wildman–Crippen MR) is 85.7 cm³/mol. The Morgan fingerprint density at radius 1 is 1.40 bits per heavy atom. The van der Waals surface area contributed by atoms with E-state index >= 15 is 0 Å². The van der Waals surface area contributed by atoms with Crippen molar-refractivity contribution in [3.63, 3.8) is 0 Å². The summed E-state index contributed by atoms with van der Waals surface area (Å²) in [6, 6.07) is 6.16. The van der Waals surface area contributed by atoms with E-state index in [0.29, 0.717) is 24.3 Å². The van der Waals surface area contributed by atoms with E-state index in [1.165, 1.54) is 19.1 Å². The minimum Gasteiger partial charge on any atom is -0.368 e. The molecule has 0 fully saturated rings. The maximum absolute atomic E-state index is 13.4. The number of nitrogens with zero attached hydrogens (tertiary/aromatic N) is 3. The molecular weight excluding hydrogens is 329 g/mol. The Bertz CT molecular complexity index is 792. The van der Waals surface area contributed by atoms with Crippen LogP contribution in [0.3, 0.4) is 0 Å². The van der Waals surface area contributed by atoms with Crippen molar-refractivity contribution < 1.29 is 18.7 Å². The largest absolute Gasteiger partial charge is 0.368 e. The summed E-state index contributed by atoms with van der Waals surface area (Å²) in [5, 5.41) is 13.3. The highest BCUT2D eigenvalue weighted by molar-refractivity contribution is 5.83. The zero-order valence-electron chi connectivity index (χ0n) is 13.7. The summed E-state index contributed by atoms with van der Waals surface area (Å²) >= 11 is 0. The Hall–Kier alpha value is -2.81. The molecule has 0 aliphatic carbocycles. The number of ether oxygens (including phenoxy) is 1. The highest BCUT2D eigenvalue weighted by atomic mass is 19.1. The minimum absolute atomic E-state index is 0.0691. The van der Waals surface area contributed by atoms with Gasteiger partial charge in [0.05, 0.1) is 31.5 Å². The second kappa shape index (κ2) is 7.39. The molecule has 0 bridgehead atoms. The summed E-state index contributed by atoms with van der Waals surface area (Å²) < 4.78 is 20.8. The van der Waals surface area contributed by atoms with Crippen LogP contribution in [0.2, 0.25) is 0 Å². The molecule has 0 spiro atoms. The maximum Gasteiger partial charge on any atom is 0.239 e. The molecule has 1 unspecified atom stereocenters. The average molecular weight is 347 g/mol. The molecule has 1 atom stereocenters. The SMILES string of the molecule is CC(=O)NCC(=O)NCC1Cn2nnc(-c3cccc(F)c3)c2CO1. The predicted octanol–water partition coefficient (Wildman–Crippen LogP) is 0.235. The van der Waals surface area contributed by atoms with E-state index in [0.717, 1.165) is 5.69 Å². The molecule has 1 aromatic carbocycles. The van der Waals surface area contributed by atoms with Crippen LogP contribution >= 0.6 is 0 Å². The van der Waals surface area contributed by atoms with Gasteiger partial charge in [0.2, 0.25) is 11.8 Å². The van der Waals surface area contributed by atoms with E-state index in [1.54, 1.807) is 16.8 Å². The molecule has 2 N–H and O–H groups in total. The van der Waals surface area contributed by atoms with Crippen LogP contribution in [0.4, 0.5) is 4.39 Å². The smallest absolute Gasteiger partial charge is 0.239 e.